The molecule has 6 aliphatic rings. The maximum atomic E-state index is 13.2. The van der Waals surface area contributed by atoms with Gasteiger partial charge >= 0.3 is 0 Å². The molecule has 64 heavy (non-hydrogen) atoms. The number of hydrogen-bond donors (Lipinski definition) is 3. The molecule has 2 atom stereocenters. The Bertz CT molecular complexity index is 2340. The van der Waals surface area contributed by atoms with Gasteiger partial charge in [-0.1, -0.05) is 18.2 Å². The fourth-order valence-corrected chi connectivity index (χ4v) is 11.4. The van der Waals surface area contributed by atoms with Crippen molar-refractivity contribution in [3.63, 3.8) is 0 Å². The third-order valence-electron chi connectivity index (χ3n) is 15.1. The Morgan fingerprint density at radius 3 is 2.23 bits per heavy atom. The number of hydrogen-bond acceptors (Lipinski definition) is 10. The number of rotatable bonds is 12. The summed E-state index contributed by atoms with van der Waals surface area (Å²) in [5, 5.41) is 11.0. The van der Waals surface area contributed by atoms with Crippen LogP contribution in [0.1, 0.15) is 96.5 Å². The molecule has 1 aromatic heterocycles. The van der Waals surface area contributed by atoms with Crippen LogP contribution in [0.15, 0.2) is 72.8 Å². The highest BCUT2D eigenvalue weighted by atomic mass is 16.5. The molecule has 14 nitrogen and oxygen atoms in total. The predicted octanol–water partition coefficient (Wildman–Crippen LogP) is 6.29. The largest absolute Gasteiger partial charge is 0.457 e. The van der Waals surface area contributed by atoms with Gasteiger partial charge in [-0.05, 0) is 168 Å². The fourth-order valence-electron chi connectivity index (χ4n) is 11.4. The first-order valence-electron chi connectivity index (χ1n) is 23.7. The summed E-state index contributed by atoms with van der Waals surface area (Å²) in [5.74, 6) is 3.00. The molecule has 6 aliphatic heterocycles. The number of nitrogens with two attached hydrogens (primary N) is 1. The number of nitrogens with one attached hydrogen (secondary N) is 2. The minimum Gasteiger partial charge on any atom is -0.457 e. The molecule has 4 amide bonds. The Labute approximate surface area is 375 Å². The number of amides is 4. The van der Waals surface area contributed by atoms with E-state index in [0.29, 0.717) is 35.7 Å². The van der Waals surface area contributed by atoms with Crippen LogP contribution in [0.25, 0.3) is 11.3 Å². The monoisotopic (exact) mass is 867 g/mol. The van der Waals surface area contributed by atoms with Crippen LogP contribution in [0.2, 0.25) is 0 Å². The molecule has 4 saturated heterocycles. The molecule has 0 bridgehead atoms. The molecule has 3 aromatic carbocycles. The Morgan fingerprint density at radius 1 is 0.781 bits per heavy atom. The normalized spacial score (nSPS) is 22.8. The molecular weight excluding hydrogens is 807 g/mol. The van der Waals surface area contributed by atoms with Crippen molar-refractivity contribution >= 4 is 35.1 Å². The lowest BCUT2D eigenvalue weighted by atomic mass is 9.86. The fraction of sp³-hybridized carbons (Fsp3) is 0.500. The first kappa shape index (κ1) is 42.2. The molecule has 7 heterocycles. The van der Waals surface area contributed by atoms with Gasteiger partial charge in [-0.2, -0.15) is 5.10 Å². The van der Waals surface area contributed by atoms with E-state index in [0.717, 1.165) is 98.0 Å². The lowest BCUT2D eigenvalue weighted by Gasteiger charge is -2.41. The van der Waals surface area contributed by atoms with Crippen molar-refractivity contribution in [2.24, 2.45) is 23.5 Å². The molecule has 4 aromatic rings. The Morgan fingerprint density at radius 2 is 1.50 bits per heavy atom. The lowest BCUT2D eigenvalue weighted by molar-refractivity contribution is -0.136. The van der Waals surface area contributed by atoms with Gasteiger partial charge in [0, 0.05) is 56.0 Å². The summed E-state index contributed by atoms with van der Waals surface area (Å²) in [6, 6.07) is 23.2. The zero-order chi connectivity index (χ0) is 43.7. The van der Waals surface area contributed by atoms with E-state index >= 15 is 0 Å². The Balaban J connectivity index is 0.656. The van der Waals surface area contributed by atoms with E-state index in [-0.39, 0.29) is 30.2 Å². The minimum atomic E-state index is -0.584. The van der Waals surface area contributed by atoms with Crippen molar-refractivity contribution in [2.75, 3.05) is 69.1 Å². The second-order valence-corrected chi connectivity index (χ2v) is 19.0. The molecule has 0 aliphatic carbocycles. The van der Waals surface area contributed by atoms with E-state index in [9.17, 15) is 19.2 Å². The smallest absolute Gasteiger partial charge is 0.255 e. The van der Waals surface area contributed by atoms with E-state index in [2.05, 4.69) is 42.1 Å². The summed E-state index contributed by atoms with van der Waals surface area (Å²) in [7, 11) is 0. The highest BCUT2D eigenvalue weighted by Gasteiger charge is 2.40. The molecule has 0 saturated carbocycles. The summed E-state index contributed by atoms with van der Waals surface area (Å²) in [5.41, 5.74) is 10.7. The second kappa shape index (κ2) is 18.4. The number of carbonyl (C=O) groups excluding carboxylic acids is 4. The van der Waals surface area contributed by atoms with Crippen LogP contribution < -0.4 is 26.0 Å². The topological polar surface area (TPSA) is 158 Å². The van der Waals surface area contributed by atoms with Crippen molar-refractivity contribution in [2.45, 2.75) is 82.8 Å². The average molecular weight is 868 g/mol. The number of benzene rings is 3. The number of likely N-dealkylation sites (tertiary alicyclic amines) is 2. The van der Waals surface area contributed by atoms with Crippen LogP contribution in [0, 0.1) is 17.8 Å². The molecule has 336 valence electrons. The number of anilines is 2. The van der Waals surface area contributed by atoms with Gasteiger partial charge in [0.15, 0.2) is 0 Å². The number of nitrogens with zero attached hydrogens (tertiary/aromatic N) is 6. The van der Waals surface area contributed by atoms with Gasteiger partial charge in [0.05, 0.1) is 6.04 Å². The van der Waals surface area contributed by atoms with Crippen LogP contribution in [0.5, 0.6) is 11.5 Å². The van der Waals surface area contributed by atoms with E-state index in [1.54, 1.807) is 4.90 Å². The highest BCUT2D eigenvalue weighted by Crippen LogP contribution is 2.41. The summed E-state index contributed by atoms with van der Waals surface area (Å²) in [6.45, 7) is 10.2. The lowest BCUT2D eigenvalue weighted by Crippen LogP contribution is -2.52. The average Bonchev–Trinajstić information content (AvgIpc) is 3.87. The molecule has 4 N–H and O–H groups in total. The van der Waals surface area contributed by atoms with Gasteiger partial charge in [0.25, 0.3) is 11.8 Å². The van der Waals surface area contributed by atoms with E-state index in [4.69, 9.17) is 15.6 Å². The predicted molar refractivity (Wildman–Crippen MR) is 245 cm³/mol. The van der Waals surface area contributed by atoms with Crippen LogP contribution in [-0.4, -0.2) is 113 Å². The van der Waals surface area contributed by atoms with Crippen LogP contribution >= 0.6 is 0 Å². The number of piperidine rings is 4. The number of para-hydroxylation sites is 1. The summed E-state index contributed by atoms with van der Waals surface area (Å²) in [4.78, 5) is 59.7. The van der Waals surface area contributed by atoms with Crippen molar-refractivity contribution in [3.05, 3.63) is 89.5 Å². The van der Waals surface area contributed by atoms with Gasteiger partial charge in [-0.3, -0.25) is 24.5 Å². The zero-order valence-corrected chi connectivity index (χ0v) is 36.8. The standard InChI is InChI=1S/C50H61N9O5/c51-47(61)45-46(36-6-9-40(10-7-36)64-39-4-2-1-3-5-39)54-59-42(14-22-52-48(45)59)35-20-26-56(27-21-35)31-34-16-24-55(25-17-34)23-15-33-18-28-57(29-19-33)38-8-11-41-37(30-38)32-58(50(41)63)43-12-13-44(60)53-49(43)62/h1-11,30,33-35,42-43,52H,12-29,31-32H2,(H2,51,61)(H,53,60,62). The molecule has 2 unspecified atom stereocenters. The highest BCUT2D eigenvalue weighted by molar-refractivity contribution is 6.06. The third-order valence-corrected chi connectivity index (χ3v) is 15.1. The summed E-state index contributed by atoms with van der Waals surface area (Å²) >= 11 is 0. The van der Waals surface area contributed by atoms with E-state index < -0.39 is 11.9 Å². The Hall–Kier alpha value is -5.73. The maximum absolute atomic E-state index is 13.2. The molecular formula is C50H61N9O5. The van der Waals surface area contributed by atoms with E-state index in [1.807, 2.05) is 60.7 Å². The van der Waals surface area contributed by atoms with Gasteiger partial charge in [0.1, 0.15) is 34.6 Å². The Kier molecular flexibility index (Phi) is 12.1. The zero-order valence-electron chi connectivity index (χ0n) is 36.8. The first-order valence-corrected chi connectivity index (χ1v) is 23.7. The SMILES string of the molecule is NC(=O)c1c(-c2ccc(Oc3ccccc3)cc2)nn2c1NCCC2C1CCN(CC2CCN(CCC3CCN(c4ccc5c(c4)CN(C4CCC(=O)NC4=O)C5=O)CC3)CC2)CC1. The van der Waals surface area contributed by atoms with Crippen molar-refractivity contribution in [1.82, 2.24) is 29.8 Å². The number of imide groups is 1. The van der Waals surface area contributed by atoms with Gasteiger partial charge in [-0.25, -0.2) is 4.68 Å². The quantitative estimate of drug-likeness (QED) is 0.138. The third kappa shape index (κ3) is 8.86. The number of carbonyl (C=O) groups is 4. The summed E-state index contributed by atoms with van der Waals surface area (Å²) < 4.78 is 8.08. The molecule has 4 fully saturated rings. The van der Waals surface area contributed by atoms with Crippen LogP contribution in [0.4, 0.5) is 11.5 Å². The number of fused-ring (bicyclic) bond motifs is 2. The second-order valence-electron chi connectivity index (χ2n) is 19.0. The van der Waals surface area contributed by atoms with Crippen molar-refractivity contribution in [3.8, 4) is 22.8 Å². The van der Waals surface area contributed by atoms with Crippen LogP contribution in [-0.2, 0) is 16.1 Å². The molecule has 14 heteroatoms. The maximum Gasteiger partial charge on any atom is 0.255 e. The van der Waals surface area contributed by atoms with Gasteiger partial charge < -0.3 is 35.4 Å². The summed E-state index contributed by atoms with van der Waals surface area (Å²) in [6.07, 6.45) is 10.0. The number of primary amides is 1. The molecule has 0 spiro atoms. The van der Waals surface area contributed by atoms with Crippen LogP contribution in [0.3, 0.4) is 0 Å². The minimum absolute atomic E-state index is 0.117. The number of aromatic nitrogens is 2. The number of ether oxygens (including phenoxy) is 1. The van der Waals surface area contributed by atoms with Crippen molar-refractivity contribution in [1.29, 1.82) is 0 Å². The molecule has 0 radical (unpaired) electrons. The molecule has 10 rings (SSSR count). The van der Waals surface area contributed by atoms with Crippen molar-refractivity contribution < 1.29 is 23.9 Å². The van der Waals surface area contributed by atoms with Gasteiger partial charge in [0.2, 0.25) is 11.8 Å². The van der Waals surface area contributed by atoms with Gasteiger partial charge in [-0.15, -0.1) is 0 Å². The first-order chi connectivity index (χ1) is 31.2. The van der Waals surface area contributed by atoms with E-state index in [1.165, 1.54) is 58.3 Å².